The van der Waals surface area contributed by atoms with Crippen molar-refractivity contribution in [2.75, 3.05) is 17.2 Å². The molecule has 6 nitrogen and oxygen atoms in total. The predicted molar refractivity (Wildman–Crippen MR) is 92.8 cm³/mol. The molecule has 1 saturated carbocycles. The van der Waals surface area contributed by atoms with Crippen molar-refractivity contribution in [3.8, 4) is 6.07 Å². The molecule has 0 spiro atoms. The molecule has 124 valence electrons. The Kier molecular flexibility index (Phi) is 4.92. The van der Waals surface area contributed by atoms with Crippen molar-refractivity contribution >= 4 is 11.8 Å². The lowest BCUT2D eigenvalue weighted by molar-refractivity contribution is 0.0835. The van der Waals surface area contributed by atoms with Gasteiger partial charge in [0.2, 0.25) is 5.95 Å². The number of nitrogens with zero attached hydrogens (tertiary/aromatic N) is 3. The smallest absolute Gasteiger partial charge is 0.224 e. The Hall–Kier alpha value is -2.65. The number of aromatic nitrogens is 2. The van der Waals surface area contributed by atoms with E-state index < -0.39 is 0 Å². The third-order valence-corrected chi connectivity index (χ3v) is 4.14. The van der Waals surface area contributed by atoms with Gasteiger partial charge in [-0.25, -0.2) is 4.98 Å². The van der Waals surface area contributed by atoms with Gasteiger partial charge in [-0.3, -0.25) is 0 Å². The Labute approximate surface area is 141 Å². The van der Waals surface area contributed by atoms with Crippen molar-refractivity contribution in [1.29, 1.82) is 5.26 Å². The summed E-state index contributed by atoms with van der Waals surface area (Å²) in [6.45, 7) is 2.80. The molecule has 0 atom stereocenters. The summed E-state index contributed by atoms with van der Waals surface area (Å²) in [5.41, 5.74) is 2.93. The fourth-order valence-corrected chi connectivity index (χ4v) is 2.74. The van der Waals surface area contributed by atoms with E-state index >= 15 is 0 Å². The highest BCUT2D eigenvalue weighted by Crippen LogP contribution is 2.25. The highest BCUT2D eigenvalue weighted by Gasteiger charge is 2.28. The van der Waals surface area contributed by atoms with Crippen LogP contribution >= 0.6 is 0 Å². The second-order valence-electron chi connectivity index (χ2n) is 6.20. The molecule has 24 heavy (non-hydrogen) atoms. The van der Waals surface area contributed by atoms with E-state index in [2.05, 4.69) is 57.9 Å². The summed E-state index contributed by atoms with van der Waals surface area (Å²) >= 11 is 0. The van der Waals surface area contributed by atoms with Crippen LogP contribution in [0.15, 0.2) is 30.5 Å². The first kappa shape index (κ1) is 16.2. The Morgan fingerprint density at radius 1 is 1.38 bits per heavy atom. The Morgan fingerprint density at radius 3 is 2.92 bits per heavy atom. The van der Waals surface area contributed by atoms with E-state index in [1.807, 2.05) is 0 Å². The summed E-state index contributed by atoms with van der Waals surface area (Å²) in [5, 5.41) is 25.0. The molecule has 3 rings (SSSR count). The average Bonchev–Trinajstić information content (AvgIpc) is 2.54. The molecule has 6 heteroatoms. The normalized spacial score (nSPS) is 19.2. The highest BCUT2D eigenvalue weighted by molar-refractivity contribution is 5.54. The maximum atomic E-state index is 9.37. The summed E-state index contributed by atoms with van der Waals surface area (Å²) in [4.78, 5) is 8.59. The van der Waals surface area contributed by atoms with Crippen molar-refractivity contribution in [3.63, 3.8) is 0 Å². The number of nitriles is 1. The van der Waals surface area contributed by atoms with Crippen molar-refractivity contribution in [2.24, 2.45) is 0 Å². The van der Waals surface area contributed by atoms with Crippen molar-refractivity contribution < 1.29 is 5.11 Å². The van der Waals surface area contributed by atoms with Gasteiger partial charge in [0, 0.05) is 12.6 Å². The van der Waals surface area contributed by atoms with E-state index in [9.17, 15) is 10.4 Å². The van der Waals surface area contributed by atoms with Gasteiger partial charge < -0.3 is 15.7 Å². The maximum Gasteiger partial charge on any atom is 0.224 e. The molecule has 2 aromatic rings. The fraction of sp³-hybridized carbons (Fsp3) is 0.389. The van der Waals surface area contributed by atoms with Gasteiger partial charge in [-0.15, -0.1) is 0 Å². The lowest BCUT2D eigenvalue weighted by Crippen LogP contribution is -2.39. The second-order valence-corrected chi connectivity index (χ2v) is 6.20. The molecule has 0 aliphatic heterocycles. The van der Waals surface area contributed by atoms with Gasteiger partial charge in [0.15, 0.2) is 0 Å². The van der Waals surface area contributed by atoms with E-state index in [0.29, 0.717) is 30.2 Å². The zero-order chi connectivity index (χ0) is 16.9. The zero-order valence-corrected chi connectivity index (χ0v) is 13.7. The standard InChI is InChI=1S/C18H21N5O/c1-12-3-2-4-13(7-12)5-6-20-18-21-11-14(10-19)17(23-18)22-15-8-16(24)9-15/h2-4,7,11,15-16,24H,5-6,8-9H2,1H3,(H2,20,21,22,23). The maximum absolute atomic E-state index is 9.37. The SMILES string of the molecule is Cc1cccc(CCNc2ncc(C#N)c(NC3CC(O)C3)n2)c1. The van der Waals surface area contributed by atoms with E-state index in [-0.39, 0.29) is 12.1 Å². The average molecular weight is 323 g/mol. The van der Waals surface area contributed by atoms with E-state index in [4.69, 9.17) is 0 Å². The molecular weight excluding hydrogens is 302 g/mol. The third-order valence-electron chi connectivity index (χ3n) is 4.14. The largest absolute Gasteiger partial charge is 0.393 e. The predicted octanol–water partition coefficient (Wildman–Crippen LogP) is 2.25. The molecule has 1 fully saturated rings. The minimum absolute atomic E-state index is 0.169. The molecule has 3 N–H and O–H groups in total. The molecule has 1 heterocycles. The van der Waals surface area contributed by atoms with Crippen LogP contribution in [0.4, 0.5) is 11.8 Å². The van der Waals surface area contributed by atoms with Crippen LogP contribution in [-0.2, 0) is 6.42 Å². The number of aryl methyl sites for hydroxylation is 1. The van der Waals surface area contributed by atoms with Gasteiger partial charge in [-0.05, 0) is 31.7 Å². The van der Waals surface area contributed by atoms with Crippen LogP contribution < -0.4 is 10.6 Å². The highest BCUT2D eigenvalue weighted by atomic mass is 16.3. The second kappa shape index (κ2) is 7.28. The van der Waals surface area contributed by atoms with Gasteiger partial charge in [-0.1, -0.05) is 29.8 Å². The number of hydrogen-bond donors (Lipinski definition) is 3. The van der Waals surface area contributed by atoms with Crippen LogP contribution in [0.2, 0.25) is 0 Å². The number of nitrogens with one attached hydrogen (secondary N) is 2. The first-order valence-corrected chi connectivity index (χ1v) is 8.15. The Bertz CT molecular complexity index is 749. The van der Waals surface area contributed by atoms with Gasteiger partial charge in [0.25, 0.3) is 0 Å². The lowest BCUT2D eigenvalue weighted by Gasteiger charge is -2.32. The van der Waals surface area contributed by atoms with Crippen molar-refractivity contribution in [2.45, 2.75) is 38.3 Å². The Morgan fingerprint density at radius 2 is 2.21 bits per heavy atom. The monoisotopic (exact) mass is 323 g/mol. The molecule has 0 amide bonds. The first-order valence-electron chi connectivity index (χ1n) is 8.15. The van der Waals surface area contributed by atoms with E-state index in [1.165, 1.54) is 17.3 Å². The zero-order valence-electron chi connectivity index (χ0n) is 13.7. The van der Waals surface area contributed by atoms with Crippen LogP contribution in [0.25, 0.3) is 0 Å². The summed E-state index contributed by atoms with van der Waals surface area (Å²) in [6, 6.07) is 10.7. The number of aliphatic hydroxyl groups excluding tert-OH is 1. The molecule has 1 aliphatic rings. The van der Waals surface area contributed by atoms with E-state index in [0.717, 1.165) is 13.0 Å². The van der Waals surface area contributed by atoms with Crippen LogP contribution in [0, 0.1) is 18.3 Å². The van der Waals surface area contributed by atoms with Crippen molar-refractivity contribution in [3.05, 3.63) is 47.2 Å². The number of benzene rings is 1. The molecule has 1 aromatic carbocycles. The minimum atomic E-state index is -0.248. The molecule has 1 aromatic heterocycles. The molecule has 0 radical (unpaired) electrons. The summed E-state index contributed by atoms with van der Waals surface area (Å²) in [7, 11) is 0. The molecule has 0 bridgehead atoms. The number of hydrogen-bond acceptors (Lipinski definition) is 6. The molecule has 1 aliphatic carbocycles. The lowest BCUT2D eigenvalue weighted by atomic mass is 9.89. The Balaban J connectivity index is 1.60. The topological polar surface area (TPSA) is 93.9 Å². The summed E-state index contributed by atoms with van der Waals surface area (Å²) < 4.78 is 0. The van der Waals surface area contributed by atoms with Crippen LogP contribution in [0.1, 0.15) is 29.5 Å². The number of aliphatic hydroxyl groups is 1. The number of rotatable bonds is 6. The van der Waals surface area contributed by atoms with E-state index in [1.54, 1.807) is 0 Å². The molecule has 0 unspecified atom stereocenters. The third kappa shape index (κ3) is 4.00. The number of anilines is 2. The van der Waals surface area contributed by atoms with Crippen LogP contribution in [-0.4, -0.2) is 33.8 Å². The van der Waals surface area contributed by atoms with Gasteiger partial charge in [-0.2, -0.15) is 10.2 Å². The van der Waals surface area contributed by atoms with Gasteiger partial charge in [0.1, 0.15) is 17.5 Å². The first-order chi connectivity index (χ1) is 11.6. The quantitative estimate of drug-likeness (QED) is 0.755. The van der Waals surface area contributed by atoms with Crippen molar-refractivity contribution in [1.82, 2.24) is 9.97 Å². The fourth-order valence-electron chi connectivity index (χ4n) is 2.74. The summed E-state index contributed by atoms with van der Waals surface area (Å²) in [6.07, 6.45) is 3.53. The van der Waals surface area contributed by atoms with Crippen LogP contribution in [0.3, 0.4) is 0 Å². The van der Waals surface area contributed by atoms with Crippen LogP contribution in [0.5, 0.6) is 0 Å². The minimum Gasteiger partial charge on any atom is -0.393 e. The molecular formula is C18H21N5O. The molecule has 0 saturated heterocycles. The van der Waals surface area contributed by atoms with Gasteiger partial charge >= 0.3 is 0 Å². The summed E-state index contributed by atoms with van der Waals surface area (Å²) in [5.74, 6) is 1.03. The van der Waals surface area contributed by atoms with Gasteiger partial charge in [0.05, 0.1) is 12.3 Å².